The smallest absolute Gasteiger partial charge is 0.252 e. The summed E-state index contributed by atoms with van der Waals surface area (Å²) in [5.74, 6) is 0.472. The van der Waals surface area contributed by atoms with E-state index in [0.717, 1.165) is 36.2 Å². The van der Waals surface area contributed by atoms with Gasteiger partial charge < -0.3 is 5.32 Å². The van der Waals surface area contributed by atoms with Gasteiger partial charge in [0.2, 0.25) is 0 Å². The quantitative estimate of drug-likeness (QED) is 0.389. The molecule has 4 aromatic rings. The highest BCUT2D eigenvalue weighted by Gasteiger charge is 2.42. The third-order valence-corrected chi connectivity index (χ3v) is 7.44. The van der Waals surface area contributed by atoms with Gasteiger partial charge >= 0.3 is 0 Å². The van der Waals surface area contributed by atoms with Crippen LogP contribution in [0.15, 0.2) is 91.0 Å². The molecule has 0 bridgehead atoms. The third-order valence-electron chi connectivity index (χ3n) is 7.44. The summed E-state index contributed by atoms with van der Waals surface area (Å²) in [6.07, 6.45) is 2.83. The van der Waals surface area contributed by atoms with Crippen molar-refractivity contribution in [3.8, 4) is 11.3 Å². The number of benzene rings is 3. The number of nitrogens with zero attached hydrogens (tertiary/aromatic N) is 3. The van der Waals surface area contributed by atoms with Gasteiger partial charge in [0, 0.05) is 29.0 Å². The fraction of sp³-hybridized carbons (Fsp3) is 0.276. The van der Waals surface area contributed by atoms with Crippen LogP contribution in [0.25, 0.3) is 11.3 Å². The Morgan fingerprint density at radius 2 is 1.58 bits per heavy atom. The fourth-order valence-corrected chi connectivity index (χ4v) is 5.62. The first-order valence-electron chi connectivity index (χ1n) is 12.7. The van der Waals surface area contributed by atoms with Crippen LogP contribution in [0.5, 0.6) is 0 Å². The van der Waals surface area contributed by atoms with Gasteiger partial charge in [0.05, 0.1) is 24.1 Å². The molecule has 7 heteroatoms. The molecule has 0 radical (unpaired) electrons. The standard InChI is InChI=1S/C29H30N6O/c36-29(22-14-8-3-9-15-22)30-28-24-18-23(16-17-25(24)31-33-28)26-27(21-12-6-2-7-13-21)35(34-32-26)19-20-10-4-1-5-11-20/h1-15,23-25,28,31,33H,16-19H2,(H,30,36). The van der Waals surface area contributed by atoms with E-state index in [4.69, 9.17) is 5.10 Å². The van der Waals surface area contributed by atoms with E-state index >= 15 is 0 Å². The Hall–Kier alpha value is -3.81. The van der Waals surface area contributed by atoms with E-state index in [9.17, 15) is 4.79 Å². The second-order valence-corrected chi connectivity index (χ2v) is 9.72. The zero-order valence-corrected chi connectivity index (χ0v) is 20.0. The van der Waals surface area contributed by atoms with Crippen LogP contribution >= 0.6 is 0 Å². The Bertz CT molecular complexity index is 1310. The number of hydrogen-bond donors (Lipinski definition) is 3. The summed E-state index contributed by atoms with van der Waals surface area (Å²) in [6.45, 7) is 0.676. The van der Waals surface area contributed by atoms with E-state index in [-0.39, 0.29) is 23.9 Å². The monoisotopic (exact) mass is 478 g/mol. The summed E-state index contributed by atoms with van der Waals surface area (Å²) in [4.78, 5) is 12.8. The van der Waals surface area contributed by atoms with Gasteiger partial charge in [-0.15, -0.1) is 5.10 Å². The van der Waals surface area contributed by atoms with Crippen molar-refractivity contribution in [1.82, 2.24) is 31.2 Å². The van der Waals surface area contributed by atoms with E-state index in [2.05, 4.69) is 69.9 Å². The summed E-state index contributed by atoms with van der Waals surface area (Å²) in [6, 6.07) is 30.5. The SMILES string of the molecule is O=C(NC1NNC2CCC(c3nnn(Cc4ccccc4)c3-c3ccccc3)CC21)c1ccccc1. The minimum Gasteiger partial charge on any atom is -0.335 e. The van der Waals surface area contributed by atoms with Crippen LogP contribution < -0.4 is 16.2 Å². The maximum atomic E-state index is 12.8. The minimum atomic E-state index is -0.134. The van der Waals surface area contributed by atoms with Crippen molar-refractivity contribution in [2.45, 2.75) is 43.9 Å². The van der Waals surface area contributed by atoms with Crippen LogP contribution in [0.3, 0.4) is 0 Å². The molecule has 1 amide bonds. The highest BCUT2D eigenvalue weighted by atomic mass is 16.1. The van der Waals surface area contributed by atoms with Gasteiger partial charge in [-0.05, 0) is 37.0 Å². The Balaban J connectivity index is 1.26. The molecule has 2 heterocycles. The van der Waals surface area contributed by atoms with Crippen molar-refractivity contribution in [2.24, 2.45) is 5.92 Å². The van der Waals surface area contributed by atoms with Crippen LogP contribution in [-0.4, -0.2) is 33.1 Å². The van der Waals surface area contributed by atoms with Crippen molar-refractivity contribution in [1.29, 1.82) is 0 Å². The topological polar surface area (TPSA) is 83.9 Å². The Morgan fingerprint density at radius 1 is 0.889 bits per heavy atom. The summed E-state index contributed by atoms with van der Waals surface area (Å²) in [5.41, 5.74) is 11.9. The number of hydrazine groups is 1. The van der Waals surface area contributed by atoms with Crippen LogP contribution in [0.1, 0.15) is 46.8 Å². The van der Waals surface area contributed by atoms with Crippen molar-refractivity contribution in [2.75, 3.05) is 0 Å². The lowest BCUT2D eigenvalue weighted by Crippen LogP contribution is -2.47. The van der Waals surface area contributed by atoms with Crippen LogP contribution in [0, 0.1) is 5.92 Å². The average molecular weight is 479 g/mol. The molecule has 1 aromatic heterocycles. The number of nitrogens with one attached hydrogen (secondary N) is 3. The molecule has 4 unspecified atom stereocenters. The second kappa shape index (κ2) is 10.0. The fourth-order valence-electron chi connectivity index (χ4n) is 5.62. The van der Waals surface area contributed by atoms with Crippen molar-refractivity contribution >= 4 is 5.91 Å². The van der Waals surface area contributed by atoms with E-state index in [1.165, 1.54) is 5.56 Å². The van der Waals surface area contributed by atoms with Crippen molar-refractivity contribution in [3.05, 3.63) is 108 Å². The summed E-state index contributed by atoms with van der Waals surface area (Å²) < 4.78 is 2.03. The van der Waals surface area contributed by atoms with Crippen LogP contribution in [-0.2, 0) is 6.54 Å². The number of rotatable bonds is 6. The third kappa shape index (κ3) is 4.55. The van der Waals surface area contributed by atoms with Crippen molar-refractivity contribution < 1.29 is 4.79 Å². The molecule has 182 valence electrons. The van der Waals surface area contributed by atoms with Gasteiger partial charge in [0.25, 0.3) is 5.91 Å². The van der Waals surface area contributed by atoms with E-state index in [1.807, 2.05) is 47.1 Å². The zero-order valence-electron chi connectivity index (χ0n) is 20.0. The van der Waals surface area contributed by atoms with E-state index in [1.54, 1.807) is 0 Å². The normalized spacial score (nSPS) is 23.2. The number of carbonyl (C=O) groups excluding carboxylic acids is 1. The molecule has 3 aromatic carbocycles. The number of fused-ring (bicyclic) bond motifs is 1. The highest BCUT2D eigenvalue weighted by molar-refractivity contribution is 5.94. The van der Waals surface area contributed by atoms with Gasteiger partial charge in [-0.2, -0.15) is 0 Å². The highest BCUT2D eigenvalue weighted by Crippen LogP contribution is 2.41. The lowest BCUT2D eigenvalue weighted by atomic mass is 9.75. The molecule has 7 nitrogen and oxygen atoms in total. The molecule has 1 aliphatic heterocycles. The largest absolute Gasteiger partial charge is 0.335 e. The van der Waals surface area contributed by atoms with Gasteiger partial charge in [-0.3, -0.25) is 10.2 Å². The van der Waals surface area contributed by atoms with Crippen LogP contribution in [0.4, 0.5) is 0 Å². The van der Waals surface area contributed by atoms with Gasteiger partial charge in [0.15, 0.2) is 0 Å². The predicted octanol–water partition coefficient (Wildman–Crippen LogP) is 4.11. The molecule has 0 spiro atoms. The Morgan fingerprint density at radius 3 is 2.33 bits per heavy atom. The number of aromatic nitrogens is 3. The summed E-state index contributed by atoms with van der Waals surface area (Å²) >= 11 is 0. The van der Waals surface area contributed by atoms with Gasteiger partial charge in [-0.1, -0.05) is 84.1 Å². The second-order valence-electron chi connectivity index (χ2n) is 9.72. The lowest BCUT2D eigenvalue weighted by Gasteiger charge is -2.32. The predicted molar refractivity (Wildman–Crippen MR) is 139 cm³/mol. The summed E-state index contributed by atoms with van der Waals surface area (Å²) in [7, 11) is 0. The first-order chi connectivity index (χ1) is 17.8. The van der Waals surface area contributed by atoms with Crippen LogP contribution in [0.2, 0.25) is 0 Å². The van der Waals surface area contributed by atoms with Gasteiger partial charge in [0.1, 0.15) is 0 Å². The number of amides is 1. The Labute approximate surface area is 210 Å². The molecular weight excluding hydrogens is 448 g/mol. The zero-order chi connectivity index (χ0) is 24.3. The lowest BCUT2D eigenvalue weighted by molar-refractivity contribution is 0.0914. The van der Waals surface area contributed by atoms with Crippen molar-refractivity contribution in [3.63, 3.8) is 0 Å². The van der Waals surface area contributed by atoms with E-state index < -0.39 is 0 Å². The molecule has 2 aliphatic rings. The Kier molecular flexibility index (Phi) is 6.32. The van der Waals surface area contributed by atoms with E-state index in [0.29, 0.717) is 18.2 Å². The molecule has 36 heavy (non-hydrogen) atoms. The molecule has 1 saturated carbocycles. The molecule has 3 N–H and O–H groups in total. The maximum Gasteiger partial charge on any atom is 0.252 e. The first kappa shape index (κ1) is 22.6. The van der Waals surface area contributed by atoms with Gasteiger partial charge in [-0.25, -0.2) is 10.1 Å². The minimum absolute atomic E-state index is 0.0588. The molecule has 1 saturated heterocycles. The number of carbonyl (C=O) groups is 1. The average Bonchev–Trinajstić information content (AvgIpc) is 3.54. The molecule has 2 fully saturated rings. The summed E-state index contributed by atoms with van der Waals surface area (Å²) in [5, 5.41) is 12.6. The molecule has 1 aliphatic carbocycles. The maximum absolute atomic E-state index is 12.8. The molecule has 4 atom stereocenters. The number of hydrogen-bond acceptors (Lipinski definition) is 5. The first-order valence-corrected chi connectivity index (χ1v) is 12.7. The molecular formula is C29H30N6O. The molecule has 6 rings (SSSR count).